The molecule has 2 aliphatic heterocycles. The van der Waals surface area contributed by atoms with Crippen LogP contribution in [0.3, 0.4) is 0 Å². The van der Waals surface area contributed by atoms with Crippen molar-refractivity contribution in [1.82, 2.24) is 0 Å². The van der Waals surface area contributed by atoms with Crippen molar-refractivity contribution in [3.05, 3.63) is 23.3 Å². The Morgan fingerprint density at radius 3 is 2.81 bits per heavy atom. The highest BCUT2D eigenvalue weighted by atomic mass is 79.9. The van der Waals surface area contributed by atoms with Crippen LogP contribution in [0, 0.1) is 5.92 Å². The first-order chi connectivity index (χ1) is 12.4. The van der Waals surface area contributed by atoms with Crippen LogP contribution in [-0.4, -0.2) is 58.4 Å². The number of benzene rings is 1. The predicted octanol–water partition coefficient (Wildman–Crippen LogP) is -1.33. The van der Waals surface area contributed by atoms with Gasteiger partial charge in [-0.1, -0.05) is 6.07 Å². The molecule has 0 aromatic heterocycles. The van der Waals surface area contributed by atoms with E-state index in [0.29, 0.717) is 18.6 Å². The van der Waals surface area contributed by atoms with Gasteiger partial charge in [-0.25, -0.2) is 0 Å². The number of hydrogen-bond donors (Lipinski definition) is 2. The maximum absolute atomic E-state index is 12.8. The second-order valence-corrected chi connectivity index (χ2v) is 9.61. The number of carbonyl (C=O) groups excluding carboxylic acids is 1. The first kappa shape index (κ1) is 18.0. The molecule has 1 unspecified atom stereocenters. The molecule has 2 bridgehead atoms. The highest BCUT2D eigenvalue weighted by Gasteiger charge is 2.76. The van der Waals surface area contributed by atoms with E-state index < -0.39 is 17.1 Å². The number of carbonyl (C=O) groups is 1. The normalized spacial score (nSPS) is 43.6. The minimum atomic E-state index is -0.931. The van der Waals surface area contributed by atoms with Crippen LogP contribution in [0.5, 0.6) is 11.5 Å². The Labute approximate surface area is 169 Å². The average molecular weight is 436 g/mol. The monoisotopic (exact) mass is 435 g/mol. The number of aromatic hydroxyl groups is 1. The fourth-order valence-corrected chi connectivity index (χ4v) is 6.94. The number of aliphatic hydroxyl groups is 1. The molecule has 0 amide bonds. The largest absolute Gasteiger partial charge is 1.00 e. The Morgan fingerprint density at radius 1 is 1.30 bits per heavy atom. The van der Waals surface area contributed by atoms with Crippen LogP contribution in [-0.2, 0) is 16.6 Å². The van der Waals surface area contributed by atoms with Crippen molar-refractivity contribution in [1.29, 1.82) is 0 Å². The third-order valence-corrected chi connectivity index (χ3v) is 8.28. The molecule has 2 heterocycles. The first-order valence-corrected chi connectivity index (χ1v) is 10.0. The van der Waals surface area contributed by atoms with Gasteiger partial charge < -0.3 is 36.4 Å². The van der Waals surface area contributed by atoms with Crippen LogP contribution in [0.4, 0.5) is 0 Å². The SMILES string of the molecule is C[N@@+]1(CC2CC2)CC[C@]23c4c5ccc(O)c4OC2C(=O)CC[C@@]3(O)[C@H]1C5.[Br-]. The highest BCUT2D eigenvalue weighted by Crippen LogP contribution is 2.65. The van der Waals surface area contributed by atoms with Gasteiger partial charge in [0.25, 0.3) is 0 Å². The lowest BCUT2D eigenvalue weighted by molar-refractivity contribution is -0.950. The van der Waals surface area contributed by atoms with Crippen molar-refractivity contribution in [3.8, 4) is 11.5 Å². The van der Waals surface area contributed by atoms with Gasteiger partial charge >= 0.3 is 0 Å². The fraction of sp³-hybridized carbons (Fsp3) is 0.667. The topological polar surface area (TPSA) is 66.8 Å². The number of rotatable bonds is 2. The summed E-state index contributed by atoms with van der Waals surface area (Å²) in [5, 5.41) is 22.5. The molecule has 5 atom stereocenters. The predicted molar refractivity (Wildman–Crippen MR) is 94.1 cm³/mol. The molecule has 2 N–H and O–H groups in total. The number of halogens is 1. The number of hydrogen-bond acceptors (Lipinski definition) is 4. The number of likely N-dealkylation sites (N-methyl/N-ethyl adjacent to an activating group) is 1. The highest BCUT2D eigenvalue weighted by molar-refractivity contribution is 5.90. The third kappa shape index (κ3) is 1.94. The van der Waals surface area contributed by atoms with Gasteiger partial charge in [0.05, 0.1) is 25.6 Å². The number of piperidine rings is 1. The number of phenols is 1. The molecular weight excluding hydrogens is 410 g/mol. The molecule has 2 saturated carbocycles. The van der Waals surface area contributed by atoms with Crippen molar-refractivity contribution in [2.24, 2.45) is 5.92 Å². The molecule has 1 saturated heterocycles. The number of quaternary nitrogens is 1. The standard InChI is InChI=1S/C21H25NO4.BrH/c1-22(11-12-2-3-12)9-8-20-17-13-4-5-14(23)18(17)26-19(20)15(24)6-7-21(20,25)16(22)10-13;/h4-5,12,16,19,25H,2-3,6-11H2,1H3;1H/t16-,19?,20+,21-,22+;/m1./s1. The molecule has 3 aliphatic carbocycles. The van der Waals surface area contributed by atoms with E-state index in [1.165, 1.54) is 12.8 Å². The van der Waals surface area contributed by atoms with Crippen LogP contribution < -0.4 is 21.7 Å². The number of ether oxygens (including phenoxy) is 1. The van der Waals surface area contributed by atoms with Crippen LogP contribution in [0.15, 0.2) is 12.1 Å². The summed E-state index contributed by atoms with van der Waals surface area (Å²) in [7, 11) is 2.31. The van der Waals surface area contributed by atoms with E-state index in [1.807, 2.05) is 6.07 Å². The Balaban J connectivity index is 0.00000160. The quantitative estimate of drug-likeness (QED) is 0.565. The van der Waals surface area contributed by atoms with Gasteiger partial charge in [-0.15, -0.1) is 0 Å². The maximum Gasteiger partial charge on any atom is 0.174 e. The molecule has 1 spiro atoms. The molecular formula is C21H26BrNO4. The average Bonchev–Trinajstić information content (AvgIpc) is 3.32. The zero-order chi connectivity index (χ0) is 17.9. The number of ketones is 1. The Kier molecular flexibility index (Phi) is 3.51. The summed E-state index contributed by atoms with van der Waals surface area (Å²) in [5.41, 5.74) is 0.492. The van der Waals surface area contributed by atoms with Gasteiger partial charge in [-0.3, -0.25) is 4.79 Å². The molecule has 27 heavy (non-hydrogen) atoms. The molecule has 0 radical (unpaired) electrons. The van der Waals surface area contributed by atoms with Crippen molar-refractivity contribution in [3.63, 3.8) is 0 Å². The lowest BCUT2D eigenvalue weighted by atomic mass is 9.48. The van der Waals surface area contributed by atoms with Crippen LogP contribution >= 0.6 is 0 Å². The van der Waals surface area contributed by atoms with Crippen LogP contribution in [0.1, 0.15) is 43.2 Å². The molecule has 6 rings (SSSR count). The number of Topliss-reactive ketones (excluding diaryl/α,β-unsaturated/α-hetero) is 1. The minimum absolute atomic E-state index is 0. The van der Waals surface area contributed by atoms with E-state index in [2.05, 4.69) is 7.05 Å². The second-order valence-electron chi connectivity index (χ2n) is 9.61. The summed E-state index contributed by atoms with van der Waals surface area (Å²) in [6.45, 7) is 2.09. The Hall–Kier alpha value is -1.11. The van der Waals surface area contributed by atoms with Gasteiger partial charge in [0.2, 0.25) is 0 Å². The summed E-state index contributed by atoms with van der Waals surface area (Å²) < 4.78 is 6.98. The first-order valence-electron chi connectivity index (χ1n) is 10.0. The maximum atomic E-state index is 12.8. The number of nitrogens with zero attached hydrogens (tertiary/aromatic N) is 1. The van der Waals surface area contributed by atoms with Gasteiger partial charge in [-0.05, 0) is 30.9 Å². The van der Waals surface area contributed by atoms with Gasteiger partial charge in [0.1, 0.15) is 11.6 Å². The molecule has 5 nitrogen and oxygen atoms in total. The van der Waals surface area contributed by atoms with E-state index in [0.717, 1.165) is 47.5 Å². The molecule has 1 aromatic rings. The number of likely N-dealkylation sites (tertiary alicyclic amines) is 1. The molecule has 146 valence electrons. The van der Waals surface area contributed by atoms with Crippen molar-refractivity contribution in [2.45, 2.75) is 61.7 Å². The van der Waals surface area contributed by atoms with E-state index >= 15 is 0 Å². The van der Waals surface area contributed by atoms with Crippen LogP contribution in [0.25, 0.3) is 0 Å². The van der Waals surface area contributed by atoms with Crippen molar-refractivity contribution >= 4 is 5.78 Å². The molecule has 5 aliphatic rings. The van der Waals surface area contributed by atoms with Crippen molar-refractivity contribution in [2.75, 3.05) is 20.1 Å². The summed E-state index contributed by atoms with van der Waals surface area (Å²) in [5.74, 6) is 1.42. The summed E-state index contributed by atoms with van der Waals surface area (Å²) in [4.78, 5) is 12.8. The fourth-order valence-electron chi connectivity index (χ4n) is 6.94. The van der Waals surface area contributed by atoms with E-state index in [9.17, 15) is 15.0 Å². The van der Waals surface area contributed by atoms with E-state index in [1.54, 1.807) is 6.07 Å². The molecule has 3 fully saturated rings. The minimum Gasteiger partial charge on any atom is -1.00 e. The van der Waals surface area contributed by atoms with Crippen molar-refractivity contribution < 1.29 is 41.2 Å². The van der Waals surface area contributed by atoms with Gasteiger partial charge in [0.15, 0.2) is 23.4 Å². The van der Waals surface area contributed by atoms with E-state index in [4.69, 9.17) is 4.74 Å². The summed E-state index contributed by atoms with van der Waals surface area (Å²) in [6.07, 6.45) is 4.42. The summed E-state index contributed by atoms with van der Waals surface area (Å²) >= 11 is 0. The van der Waals surface area contributed by atoms with Crippen LogP contribution in [0.2, 0.25) is 0 Å². The molecule has 1 aromatic carbocycles. The van der Waals surface area contributed by atoms with Gasteiger partial charge in [0, 0.05) is 30.7 Å². The number of phenolic OH excluding ortho intramolecular Hbond substituents is 1. The van der Waals surface area contributed by atoms with E-state index in [-0.39, 0.29) is 34.6 Å². The summed E-state index contributed by atoms with van der Waals surface area (Å²) in [6, 6.07) is 3.77. The lowest BCUT2D eigenvalue weighted by Crippen LogP contribution is -3.00. The second kappa shape index (κ2) is 5.28. The smallest absolute Gasteiger partial charge is 0.174 e. The lowest BCUT2D eigenvalue weighted by Gasteiger charge is -2.64. The van der Waals surface area contributed by atoms with Gasteiger partial charge in [-0.2, -0.15) is 0 Å². The third-order valence-electron chi connectivity index (χ3n) is 8.28. The zero-order valence-corrected chi connectivity index (χ0v) is 17.2. The molecule has 6 heteroatoms. The Morgan fingerprint density at radius 2 is 2.07 bits per heavy atom. The Bertz CT molecular complexity index is 855. The zero-order valence-electron chi connectivity index (χ0n) is 15.6.